The highest BCUT2D eigenvalue weighted by Crippen LogP contribution is 2.24. The summed E-state index contributed by atoms with van der Waals surface area (Å²) in [6.45, 7) is 1.17. The molecule has 2 atom stereocenters. The molecule has 0 aliphatic rings. The lowest BCUT2D eigenvalue weighted by molar-refractivity contribution is -0.130. The number of rotatable bonds is 11. The van der Waals surface area contributed by atoms with Crippen LogP contribution in [0.3, 0.4) is 0 Å². The minimum Gasteiger partial charge on any atom is -0.383 e. The predicted molar refractivity (Wildman–Crippen MR) is 156 cm³/mol. The zero-order chi connectivity index (χ0) is 28.6. The van der Waals surface area contributed by atoms with E-state index in [9.17, 15) is 14.7 Å². The Morgan fingerprint density at radius 2 is 1.73 bits per heavy atom. The highest BCUT2D eigenvalue weighted by atomic mass is 35.5. The Hall–Kier alpha value is -4.80. The standard InChI is InChI=1S/C30H28ClN7O3/c31-22-11-12-24-25(13-14-32-26(24)17-22)33-15-16-38-19-23(36-37-38)18-34-30(41)28(39)27(20-7-3-1-4-8-20)35-29(40)21-9-5-2-6-10-21/h1-14,17,19,27-28,39H,15-16,18H2,(H,32,33)(H,34,41)(H,35,40)/t27-,28+/m1/s1. The number of nitrogens with zero attached hydrogens (tertiary/aromatic N) is 4. The van der Waals surface area contributed by atoms with Crippen molar-refractivity contribution in [1.29, 1.82) is 0 Å². The van der Waals surface area contributed by atoms with Crippen LogP contribution in [-0.4, -0.2) is 49.5 Å². The summed E-state index contributed by atoms with van der Waals surface area (Å²) in [6.07, 6.45) is 1.92. The first-order valence-electron chi connectivity index (χ1n) is 13.0. The number of aromatic nitrogens is 4. The quantitative estimate of drug-likeness (QED) is 0.190. The summed E-state index contributed by atoms with van der Waals surface area (Å²) in [7, 11) is 0. The normalized spacial score (nSPS) is 12.4. The van der Waals surface area contributed by atoms with Gasteiger partial charge >= 0.3 is 0 Å². The Morgan fingerprint density at radius 1 is 0.976 bits per heavy atom. The van der Waals surface area contributed by atoms with E-state index in [0.717, 1.165) is 16.6 Å². The number of halogens is 1. The van der Waals surface area contributed by atoms with Crippen molar-refractivity contribution in [3.63, 3.8) is 0 Å². The maximum atomic E-state index is 12.9. The molecule has 2 amide bonds. The number of pyridine rings is 1. The summed E-state index contributed by atoms with van der Waals surface area (Å²) in [5.41, 5.74) is 3.29. The molecule has 11 heteroatoms. The lowest BCUT2D eigenvalue weighted by Crippen LogP contribution is -2.45. The number of anilines is 1. The average Bonchev–Trinajstić information content (AvgIpc) is 3.46. The van der Waals surface area contributed by atoms with E-state index in [2.05, 4.69) is 31.2 Å². The van der Waals surface area contributed by atoms with Crippen LogP contribution >= 0.6 is 11.6 Å². The van der Waals surface area contributed by atoms with E-state index in [0.29, 0.717) is 34.9 Å². The van der Waals surface area contributed by atoms with Gasteiger partial charge < -0.3 is 21.1 Å². The molecule has 0 aliphatic heterocycles. The molecule has 0 aliphatic carbocycles. The number of hydrogen-bond acceptors (Lipinski definition) is 7. The highest BCUT2D eigenvalue weighted by molar-refractivity contribution is 6.31. The fraction of sp³-hybridized carbons (Fsp3) is 0.167. The fourth-order valence-electron chi connectivity index (χ4n) is 4.36. The molecule has 0 radical (unpaired) electrons. The van der Waals surface area contributed by atoms with E-state index >= 15 is 0 Å². The molecule has 41 heavy (non-hydrogen) atoms. The number of aliphatic hydroxyl groups is 1. The number of benzene rings is 3. The number of aliphatic hydroxyl groups excluding tert-OH is 1. The summed E-state index contributed by atoms with van der Waals surface area (Å²) in [5, 5.41) is 29.6. The Bertz CT molecular complexity index is 1630. The maximum absolute atomic E-state index is 12.9. The second-order valence-electron chi connectivity index (χ2n) is 9.31. The van der Waals surface area contributed by atoms with Crippen LogP contribution in [0.15, 0.2) is 97.3 Å². The fourth-order valence-corrected chi connectivity index (χ4v) is 4.53. The predicted octanol–water partition coefficient (Wildman–Crippen LogP) is 3.74. The minimum atomic E-state index is -1.53. The zero-order valence-electron chi connectivity index (χ0n) is 21.9. The Labute approximate surface area is 241 Å². The second-order valence-corrected chi connectivity index (χ2v) is 9.75. The Morgan fingerprint density at radius 3 is 2.51 bits per heavy atom. The van der Waals surface area contributed by atoms with Gasteiger partial charge in [0, 0.05) is 34.4 Å². The van der Waals surface area contributed by atoms with Gasteiger partial charge in [0.15, 0.2) is 6.10 Å². The lowest BCUT2D eigenvalue weighted by atomic mass is 10.00. The summed E-state index contributed by atoms with van der Waals surface area (Å²) < 4.78 is 1.66. The van der Waals surface area contributed by atoms with Gasteiger partial charge in [-0.3, -0.25) is 19.3 Å². The van der Waals surface area contributed by atoms with Crippen LogP contribution in [0.25, 0.3) is 10.9 Å². The number of carbonyl (C=O) groups excluding carboxylic acids is 2. The van der Waals surface area contributed by atoms with Crippen molar-refractivity contribution in [3.05, 3.63) is 119 Å². The van der Waals surface area contributed by atoms with E-state index in [-0.39, 0.29) is 6.54 Å². The molecular weight excluding hydrogens is 542 g/mol. The molecule has 208 valence electrons. The molecule has 0 unspecified atom stereocenters. The number of fused-ring (bicyclic) bond motifs is 1. The monoisotopic (exact) mass is 569 g/mol. The van der Waals surface area contributed by atoms with Crippen LogP contribution in [0.5, 0.6) is 0 Å². The van der Waals surface area contributed by atoms with E-state index in [1.54, 1.807) is 71.7 Å². The van der Waals surface area contributed by atoms with Crippen LogP contribution < -0.4 is 16.0 Å². The van der Waals surface area contributed by atoms with Gasteiger partial charge in [0.2, 0.25) is 0 Å². The summed E-state index contributed by atoms with van der Waals surface area (Å²) in [4.78, 5) is 30.1. The number of nitrogens with one attached hydrogen (secondary N) is 3. The summed E-state index contributed by atoms with van der Waals surface area (Å²) in [5.74, 6) is -1.04. The lowest BCUT2D eigenvalue weighted by Gasteiger charge is -2.24. The second kappa shape index (κ2) is 13.0. The van der Waals surface area contributed by atoms with Crippen molar-refractivity contribution in [2.45, 2.75) is 25.2 Å². The molecule has 5 aromatic rings. The molecule has 0 spiro atoms. The average molecular weight is 570 g/mol. The summed E-state index contributed by atoms with van der Waals surface area (Å²) in [6, 6.07) is 24.0. The van der Waals surface area contributed by atoms with Gasteiger partial charge in [-0.05, 0) is 42.0 Å². The number of hydrogen-bond donors (Lipinski definition) is 4. The van der Waals surface area contributed by atoms with E-state index < -0.39 is 24.0 Å². The first kappa shape index (κ1) is 27.8. The van der Waals surface area contributed by atoms with Crippen molar-refractivity contribution in [2.75, 3.05) is 11.9 Å². The SMILES string of the molecule is O=C(N[C@H](c1ccccc1)[C@H](O)C(=O)NCc1cn(CCNc2ccnc3cc(Cl)ccc23)nn1)c1ccccc1. The van der Waals surface area contributed by atoms with Crippen LogP contribution in [0.1, 0.15) is 27.7 Å². The molecule has 10 nitrogen and oxygen atoms in total. The molecule has 4 N–H and O–H groups in total. The third kappa shape index (κ3) is 7.05. The van der Waals surface area contributed by atoms with E-state index in [1.807, 2.05) is 30.3 Å². The Kier molecular flexibility index (Phi) is 8.82. The van der Waals surface area contributed by atoms with Crippen LogP contribution in [0, 0.1) is 0 Å². The molecule has 5 rings (SSSR count). The van der Waals surface area contributed by atoms with Crippen molar-refractivity contribution in [1.82, 2.24) is 30.6 Å². The number of carbonyl (C=O) groups is 2. The third-order valence-corrected chi connectivity index (χ3v) is 6.69. The molecule has 3 aromatic carbocycles. The zero-order valence-corrected chi connectivity index (χ0v) is 22.7. The van der Waals surface area contributed by atoms with E-state index in [1.165, 1.54) is 0 Å². The van der Waals surface area contributed by atoms with Crippen LogP contribution in [0.4, 0.5) is 5.69 Å². The smallest absolute Gasteiger partial charge is 0.251 e. The van der Waals surface area contributed by atoms with Crippen LogP contribution in [0.2, 0.25) is 5.02 Å². The van der Waals surface area contributed by atoms with Gasteiger partial charge in [0.1, 0.15) is 5.69 Å². The maximum Gasteiger partial charge on any atom is 0.251 e. The van der Waals surface area contributed by atoms with Gasteiger partial charge in [-0.2, -0.15) is 0 Å². The largest absolute Gasteiger partial charge is 0.383 e. The molecule has 0 saturated heterocycles. The molecule has 2 aromatic heterocycles. The molecule has 2 heterocycles. The van der Waals surface area contributed by atoms with Crippen LogP contribution in [-0.2, 0) is 17.9 Å². The first-order valence-corrected chi connectivity index (χ1v) is 13.4. The van der Waals surface area contributed by atoms with Crippen molar-refractivity contribution in [2.24, 2.45) is 0 Å². The van der Waals surface area contributed by atoms with Crippen molar-refractivity contribution in [3.8, 4) is 0 Å². The topological polar surface area (TPSA) is 134 Å². The minimum absolute atomic E-state index is 0.0627. The van der Waals surface area contributed by atoms with Gasteiger partial charge in [0.25, 0.3) is 11.8 Å². The van der Waals surface area contributed by atoms with Crippen molar-refractivity contribution < 1.29 is 14.7 Å². The van der Waals surface area contributed by atoms with E-state index in [4.69, 9.17) is 11.6 Å². The first-order chi connectivity index (χ1) is 20.0. The molecule has 0 saturated carbocycles. The van der Waals surface area contributed by atoms with Gasteiger partial charge in [0.05, 0.1) is 30.8 Å². The molecular formula is C30H28ClN7O3. The molecule has 0 bridgehead atoms. The van der Waals surface area contributed by atoms with Gasteiger partial charge in [-0.25, -0.2) is 0 Å². The Balaban J connectivity index is 1.16. The number of amides is 2. The van der Waals surface area contributed by atoms with Crippen molar-refractivity contribution >= 4 is 40.0 Å². The van der Waals surface area contributed by atoms with Gasteiger partial charge in [-0.1, -0.05) is 65.3 Å². The van der Waals surface area contributed by atoms with Gasteiger partial charge in [-0.15, -0.1) is 5.10 Å². The summed E-state index contributed by atoms with van der Waals surface area (Å²) >= 11 is 6.07. The highest BCUT2D eigenvalue weighted by Gasteiger charge is 2.29. The third-order valence-electron chi connectivity index (χ3n) is 6.46. The molecule has 0 fully saturated rings.